The van der Waals surface area contributed by atoms with Crippen molar-refractivity contribution in [2.75, 3.05) is 19.8 Å². The number of hydrogen-bond donors (Lipinski definition) is 1. The molecular weight excluding hydrogens is 446 g/mol. The van der Waals surface area contributed by atoms with Crippen LogP contribution in [0.4, 0.5) is 8.78 Å². The van der Waals surface area contributed by atoms with Crippen LogP contribution in [0, 0.1) is 11.6 Å². The van der Waals surface area contributed by atoms with Crippen molar-refractivity contribution < 1.29 is 21.9 Å². The minimum absolute atomic E-state index is 0.0391. The minimum atomic E-state index is -3.72. The minimum Gasteiger partial charge on any atom is -0.377 e. The van der Waals surface area contributed by atoms with E-state index in [1.165, 1.54) is 10.4 Å². The first-order valence-electron chi connectivity index (χ1n) is 11.7. The van der Waals surface area contributed by atoms with E-state index in [1.54, 1.807) is 12.1 Å². The molecule has 0 bridgehead atoms. The van der Waals surface area contributed by atoms with Crippen LogP contribution >= 0.6 is 0 Å². The van der Waals surface area contributed by atoms with Crippen LogP contribution < -0.4 is 5.32 Å². The first-order valence-corrected chi connectivity index (χ1v) is 13.2. The van der Waals surface area contributed by atoms with Gasteiger partial charge in [0.25, 0.3) is 0 Å². The Labute approximate surface area is 196 Å². The first-order chi connectivity index (χ1) is 15.8. The molecule has 2 aromatic rings. The van der Waals surface area contributed by atoms with Gasteiger partial charge in [-0.1, -0.05) is 51.1 Å². The fourth-order valence-electron chi connectivity index (χ4n) is 4.59. The maximum Gasteiger partial charge on any atom is 0.221 e. The lowest BCUT2D eigenvalue weighted by Gasteiger charge is -2.43. The molecule has 0 aromatic heterocycles. The van der Waals surface area contributed by atoms with Gasteiger partial charge in [-0.05, 0) is 44.0 Å². The van der Waals surface area contributed by atoms with E-state index in [1.807, 2.05) is 45.9 Å². The Bertz CT molecular complexity index is 1040. The van der Waals surface area contributed by atoms with E-state index < -0.39 is 32.4 Å². The van der Waals surface area contributed by atoms with Crippen molar-refractivity contribution in [2.24, 2.45) is 0 Å². The van der Waals surface area contributed by atoms with Crippen LogP contribution in [0.3, 0.4) is 0 Å². The van der Waals surface area contributed by atoms with Gasteiger partial charge in [-0.25, -0.2) is 17.2 Å². The molecule has 0 unspecified atom stereocenters. The highest BCUT2D eigenvalue weighted by Gasteiger charge is 2.43. The smallest absolute Gasteiger partial charge is 0.221 e. The summed E-state index contributed by atoms with van der Waals surface area (Å²) in [5.41, 5.74) is 0.246. The summed E-state index contributed by atoms with van der Waals surface area (Å²) in [6.45, 7) is 8.65. The number of rotatable bonds is 6. The number of benzene rings is 2. The lowest BCUT2D eigenvalue weighted by molar-refractivity contribution is -0.0794. The number of likely N-dealkylation sites (N-methyl/N-ethyl adjacent to an activating group) is 1. The summed E-state index contributed by atoms with van der Waals surface area (Å²) in [4.78, 5) is 0. The van der Waals surface area contributed by atoms with Crippen LogP contribution in [0.25, 0.3) is 0 Å². The van der Waals surface area contributed by atoms with Crippen molar-refractivity contribution in [3.8, 4) is 0 Å². The van der Waals surface area contributed by atoms with Gasteiger partial charge in [-0.15, -0.1) is 0 Å². The first kappa shape index (κ1) is 25.7. The van der Waals surface area contributed by atoms with Gasteiger partial charge in [-0.2, -0.15) is 4.31 Å². The summed E-state index contributed by atoms with van der Waals surface area (Å²) >= 11 is 0. The van der Waals surface area contributed by atoms with E-state index in [0.717, 1.165) is 11.6 Å². The van der Waals surface area contributed by atoms with Gasteiger partial charge >= 0.3 is 0 Å². The van der Waals surface area contributed by atoms with Gasteiger partial charge in [0, 0.05) is 23.7 Å². The summed E-state index contributed by atoms with van der Waals surface area (Å²) < 4.78 is 63.4. The van der Waals surface area contributed by atoms with E-state index in [-0.39, 0.29) is 36.9 Å². The molecule has 2 saturated heterocycles. The highest BCUT2D eigenvalue weighted by atomic mass is 32.2. The molecule has 2 aliphatic heterocycles. The van der Waals surface area contributed by atoms with Gasteiger partial charge in [0.2, 0.25) is 10.0 Å². The topological polar surface area (TPSA) is 58.6 Å². The van der Waals surface area contributed by atoms with E-state index in [4.69, 9.17) is 4.74 Å². The second kappa shape index (κ2) is 10.6. The molecular formula is C25H34F2N2O3S. The number of halogens is 2. The quantitative estimate of drug-likeness (QED) is 0.640. The number of nitrogens with one attached hydrogen (secondary N) is 1. The van der Waals surface area contributed by atoms with E-state index >= 15 is 8.78 Å². The molecule has 5 nitrogen and oxygen atoms in total. The molecule has 33 heavy (non-hydrogen) atoms. The van der Waals surface area contributed by atoms with Crippen LogP contribution in [0.5, 0.6) is 0 Å². The fourth-order valence-corrected chi connectivity index (χ4v) is 6.78. The predicted molar refractivity (Wildman–Crippen MR) is 126 cm³/mol. The summed E-state index contributed by atoms with van der Waals surface area (Å²) in [7, 11) is -3.72. The van der Waals surface area contributed by atoms with Crippen molar-refractivity contribution in [1.29, 1.82) is 0 Å². The summed E-state index contributed by atoms with van der Waals surface area (Å²) in [6.07, 6.45) is 1.16. The van der Waals surface area contributed by atoms with Gasteiger partial charge in [0.1, 0.15) is 16.9 Å². The molecule has 0 amide bonds. The zero-order chi connectivity index (χ0) is 24.2. The lowest BCUT2D eigenvalue weighted by atomic mass is 9.86. The second-order valence-electron chi connectivity index (χ2n) is 8.44. The van der Waals surface area contributed by atoms with E-state index in [0.29, 0.717) is 19.4 Å². The molecule has 182 valence electrons. The van der Waals surface area contributed by atoms with E-state index in [9.17, 15) is 8.42 Å². The Morgan fingerprint density at radius 3 is 2.33 bits per heavy atom. The molecule has 0 aliphatic carbocycles. The third-order valence-electron chi connectivity index (χ3n) is 6.39. The molecule has 2 aromatic carbocycles. The maximum absolute atomic E-state index is 15.1. The van der Waals surface area contributed by atoms with Crippen molar-refractivity contribution in [1.82, 2.24) is 9.62 Å². The largest absolute Gasteiger partial charge is 0.377 e. The second-order valence-corrected chi connectivity index (χ2v) is 10.5. The molecule has 0 spiro atoms. The lowest BCUT2D eigenvalue weighted by Crippen LogP contribution is -2.58. The Morgan fingerprint density at radius 2 is 1.76 bits per heavy atom. The van der Waals surface area contributed by atoms with Gasteiger partial charge < -0.3 is 10.1 Å². The molecule has 0 radical (unpaired) electrons. The van der Waals surface area contributed by atoms with Gasteiger partial charge in [0.05, 0.1) is 18.8 Å². The zero-order valence-electron chi connectivity index (χ0n) is 19.8. The summed E-state index contributed by atoms with van der Waals surface area (Å²) in [6, 6.07) is 11.1. The van der Waals surface area contributed by atoms with Gasteiger partial charge in [0.15, 0.2) is 0 Å². The van der Waals surface area contributed by atoms with Crippen molar-refractivity contribution >= 4 is 10.0 Å². The maximum atomic E-state index is 15.1. The highest BCUT2D eigenvalue weighted by molar-refractivity contribution is 7.89. The monoisotopic (exact) mass is 480 g/mol. The molecule has 1 N–H and O–H groups in total. The molecule has 8 heteroatoms. The predicted octanol–water partition coefficient (Wildman–Crippen LogP) is 4.88. The molecule has 2 fully saturated rings. The Balaban J connectivity index is 0.00000149. The summed E-state index contributed by atoms with van der Waals surface area (Å²) in [5.74, 6) is -1.16. The Kier molecular flexibility index (Phi) is 8.26. The van der Waals surface area contributed by atoms with Crippen LogP contribution in [0.1, 0.15) is 62.5 Å². The van der Waals surface area contributed by atoms with Crippen molar-refractivity contribution in [3.05, 3.63) is 70.8 Å². The normalized spacial score (nSPS) is 23.8. The molecule has 4 rings (SSSR count). The van der Waals surface area contributed by atoms with Crippen LogP contribution in [0.2, 0.25) is 0 Å². The van der Waals surface area contributed by atoms with Crippen LogP contribution in [-0.4, -0.2) is 38.5 Å². The Hall–Kier alpha value is -1.87. The average molecular weight is 481 g/mol. The number of sulfonamides is 1. The summed E-state index contributed by atoms with van der Waals surface area (Å²) in [5, 5.41) is 2.51. The molecule has 2 atom stereocenters. The molecule has 2 aliphatic rings. The van der Waals surface area contributed by atoms with Crippen molar-refractivity contribution in [2.45, 2.75) is 63.9 Å². The SMILES string of the molecule is CC.CCNC1(c2cc(F)c(CN3[C@@H](C)CC[C@H](c4ccccc4)S3(=O)=O)cc2F)COC1. The average Bonchev–Trinajstić information content (AvgIpc) is 2.78. The zero-order valence-corrected chi connectivity index (χ0v) is 20.6. The number of hydrogen-bond acceptors (Lipinski definition) is 4. The highest BCUT2D eigenvalue weighted by Crippen LogP contribution is 2.39. The number of ether oxygens (including phenoxy) is 1. The third-order valence-corrected chi connectivity index (χ3v) is 8.76. The van der Waals surface area contributed by atoms with Crippen LogP contribution in [0.15, 0.2) is 42.5 Å². The van der Waals surface area contributed by atoms with Crippen LogP contribution in [-0.2, 0) is 26.8 Å². The molecule has 2 heterocycles. The third kappa shape index (κ3) is 4.99. The number of nitrogens with zero attached hydrogens (tertiary/aromatic N) is 1. The van der Waals surface area contributed by atoms with Gasteiger partial charge in [-0.3, -0.25) is 0 Å². The Morgan fingerprint density at radius 1 is 1.09 bits per heavy atom. The standard InChI is InChI=1S/C23H28F2N2O3S.C2H6/c1-3-26-23(14-30-15-23)19-12-20(24)18(11-21(19)25)13-27-16(2)9-10-22(31(27,28)29)17-7-5-4-6-8-17;1-2/h4-8,11-12,16,22,26H,3,9-10,13-15H2,1-2H3;1-2H3/t16-,22+;/m0./s1. The van der Waals surface area contributed by atoms with Crippen molar-refractivity contribution in [3.63, 3.8) is 0 Å². The van der Waals surface area contributed by atoms with E-state index in [2.05, 4.69) is 5.32 Å². The molecule has 0 saturated carbocycles. The fraction of sp³-hybridized carbons (Fsp3) is 0.520.